The summed E-state index contributed by atoms with van der Waals surface area (Å²) in [6, 6.07) is 7.03. The standard InChI is InChI=1S/C13H20FNO/c1-10(11(2)16-3)15-8-7-12-5-4-6-13(14)9-12/h4-6,9-11,15H,7-8H2,1-3H3. The summed E-state index contributed by atoms with van der Waals surface area (Å²) in [6.45, 7) is 4.94. The number of hydrogen-bond acceptors (Lipinski definition) is 2. The Morgan fingerprint density at radius 1 is 1.38 bits per heavy atom. The van der Waals surface area contributed by atoms with Crippen molar-refractivity contribution in [1.82, 2.24) is 5.32 Å². The summed E-state index contributed by atoms with van der Waals surface area (Å²) in [5.41, 5.74) is 1.02. The second kappa shape index (κ2) is 6.61. The van der Waals surface area contributed by atoms with Crippen LogP contribution >= 0.6 is 0 Å². The van der Waals surface area contributed by atoms with Crippen molar-refractivity contribution in [3.05, 3.63) is 35.6 Å². The molecule has 0 radical (unpaired) electrons. The van der Waals surface area contributed by atoms with E-state index in [0.717, 1.165) is 18.5 Å². The topological polar surface area (TPSA) is 21.3 Å². The number of nitrogens with one attached hydrogen (secondary N) is 1. The minimum absolute atomic E-state index is 0.171. The lowest BCUT2D eigenvalue weighted by Gasteiger charge is -2.19. The molecule has 0 spiro atoms. The molecule has 0 bridgehead atoms. The molecule has 0 aliphatic heterocycles. The highest BCUT2D eigenvalue weighted by atomic mass is 19.1. The number of halogens is 1. The highest BCUT2D eigenvalue weighted by Crippen LogP contribution is 2.04. The van der Waals surface area contributed by atoms with Crippen LogP contribution in [-0.2, 0) is 11.2 Å². The summed E-state index contributed by atoms with van der Waals surface area (Å²) in [4.78, 5) is 0. The molecule has 0 aliphatic rings. The van der Waals surface area contributed by atoms with Gasteiger partial charge in [0.05, 0.1) is 6.10 Å². The lowest BCUT2D eigenvalue weighted by Crippen LogP contribution is -2.37. The van der Waals surface area contributed by atoms with Gasteiger partial charge in [-0.3, -0.25) is 0 Å². The van der Waals surface area contributed by atoms with Crippen molar-refractivity contribution in [2.45, 2.75) is 32.4 Å². The maximum Gasteiger partial charge on any atom is 0.123 e. The van der Waals surface area contributed by atoms with E-state index in [9.17, 15) is 4.39 Å². The molecular weight excluding hydrogens is 205 g/mol. The average Bonchev–Trinajstić information content (AvgIpc) is 2.28. The monoisotopic (exact) mass is 225 g/mol. The smallest absolute Gasteiger partial charge is 0.123 e. The van der Waals surface area contributed by atoms with Crippen LogP contribution in [0.5, 0.6) is 0 Å². The van der Waals surface area contributed by atoms with Crippen molar-refractivity contribution in [3.8, 4) is 0 Å². The SMILES string of the molecule is COC(C)C(C)NCCc1cccc(F)c1. The average molecular weight is 225 g/mol. The predicted octanol–water partition coefficient (Wildman–Crippen LogP) is 2.38. The van der Waals surface area contributed by atoms with Crippen molar-refractivity contribution in [1.29, 1.82) is 0 Å². The van der Waals surface area contributed by atoms with Gasteiger partial charge in [0, 0.05) is 13.2 Å². The third kappa shape index (κ3) is 4.29. The second-order valence-corrected chi connectivity index (χ2v) is 4.06. The Labute approximate surface area is 96.8 Å². The summed E-state index contributed by atoms with van der Waals surface area (Å²) >= 11 is 0. The van der Waals surface area contributed by atoms with Gasteiger partial charge in [-0.1, -0.05) is 12.1 Å². The number of methoxy groups -OCH3 is 1. The number of rotatable bonds is 6. The molecule has 2 unspecified atom stereocenters. The quantitative estimate of drug-likeness (QED) is 0.802. The molecule has 0 saturated carbocycles. The van der Waals surface area contributed by atoms with Crippen LogP contribution in [0.15, 0.2) is 24.3 Å². The summed E-state index contributed by atoms with van der Waals surface area (Å²) < 4.78 is 18.1. The second-order valence-electron chi connectivity index (χ2n) is 4.06. The van der Waals surface area contributed by atoms with Gasteiger partial charge in [0.25, 0.3) is 0 Å². The van der Waals surface area contributed by atoms with Gasteiger partial charge >= 0.3 is 0 Å². The van der Waals surface area contributed by atoms with Crippen molar-refractivity contribution in [3.63, 3.8) is 0 Å². The Kier molecular flexibility index (Phi) is 5.43. The van der Waals surface area contributed by atoms with Gasteiger partial charge in [-0.25, -0.2) is 4.39 Å². The highest BCUT2D eigenvalue weighted by Gasteiger charge is 2.09. The fourth-order valence-electron chi connectivity index (χ4n) is 1.51. The van der Waals surface area contributed by atoms with Crippen LogP contribution in [0.1, 0.15) is 19.4 Å². The zero-order chi connectivity index (χ0) is 12.0. The Bertz CT molecular complexity index is 317. The van der Waals surface area contributed by atoms with Gasteiger partial charge in [0.15, 0.2) is 0 Å². The first-order valence-electron chi connectivity index (χ1n) is 5.64. The van der Waals surface area contributed by atoms with E-state index >= 15 is 0 Å². The Balaban J connectivity index is 2.30. The Hall–Kier alpha value is -0.930. The molecule has 0 amide bonds. The maximum atomic E-state index is 12.9. The first-order chi connectivity index (χ1) is 7.63. The van der Waals surface area contributed by atoms with Crippen LogP contribution in [-0.4, -0.2) is 25.8 Å². The fraction of sp³-hybridized carbons (Fsp3) is 0.538. The van der Waals surface area contributed by atoms with Crippen LogP contribution in [0.3, 0.4) is 0 Å². The summed E-state index contributed by atoms with van der Waals surface area (Å²) in [7, 11) is 1.70. The maximum absolute atomic E-state index is 12.9. The number of benzene rings is 1. The van der Waals surface area contributed by atoms with E-state index < -0.39 is 0 Å². The summed E-state index contributed by atoms with van der Waals surface area (Å²) in [6.07, 6.45) is 1.02. The third-order valence-corrected chi connectivity index (χ3v) is 2.84. The molecule has 2 nitrogen and oxygen atoms in total. The van der Waals surface area contributed by atoms with Crippen LogP contribution in [0.2, 0.25) is 0 Å². The molecule has 90 valence electrons. The molecule has 1 N–H and O–H groups in total. The highest BCUT2D eigenvalue weighted by molar-refractivity contribution is 5.16. The molecule has 0 aliphatic carbocycles. The molecule has 16 heavy (non-hydrogen) atoms. The molecule has 0 saturated heterocycles. The van der Waals surface area contributed by atoms with Gasteiger partial charge < -0.3 is 10.1 Å². The zero-order valence-corrected chi connectivity index (χ0v) is 10.2. The number of hydrogen-bond donors (Lipinski definition) is 1. The van der Waals surface area contributed by atoms with E-state index in [4.69, 9.17) is 4.74 Å². The van der Waals surface area contributed by atoms with E-state index in [-0.39, 0.29) is 11.9 Å². The van der Waals surface area contributed by atoms with Gasteiger partial charge in [0.2, 0.25) is 0 Å². The van der Waals surface area contributed by atoms with Crippen molar-refractivity contribution < 1.29 is 9.13 Å². The van der Waals surface area contributed by atoms with Gasteiger partial charge in [-0.2, -0.15) is 0 Å². The fourth-order valence-corrected chi connectivity index (χ4v) is 1.51. The molecule has 0 fully saturated rings. The van der Waals surface area contributed by atoms with Crippen LogP contribution in [0.4, 0.5) is 4.39 Å². The zero-order valence-electron chi connectivity index (χ0n) is 10.2. The molecule has 3 heteroatoms. The van der Waals surface area contributed by atoms with Gasteiger partial charge in [-0.05, 0) is 44.5 Å². The lowest BCUT2D eigenvalue weighted by molar-refractivity contribution is 0.0890. The minimum atomic E-state index is -0.171. The van der Waals surface area contributed by atoms with Crippen molar-refractivity contribution >= 4 is 0 Å². The van der Waals surface area contributed by atoms with E-state index in [1.165, 1.54) is 6.07 Å². The lowest BCUT2D eigenvalue weighted by atomic mass is 10.1. The largest absolute Gasteiger partial charge is 0.380 e. The molecule has 1 aromatic carbocycles. The van der Waals surface area contributed by atoms with Crippen LogP contribution < -0.4 is 5.32 Å². The first kappa shape index (κ1) is 13.1. The Morgan fingerprint density at radius 2 is 2.12 bits per heavy atom. The molecule has 2 atom stereocenters. The minimum Gasteiger partial charge on any atom is -0.380 e. The summed E-state index contributed by atoms with van der Waals surface area (Å²) in [5, 5.41) is 3.35. The Morgan fingerprint density at radius 3 is 2.75 bits per heavy atom. The van der Waals surface area contributed by atoms with Crippen molar-refractivity contribution in [2.75, 3.05) is 13.7 Å². The molecule has 1 aromatic rings. The van der Waals surface area contributed by atoms with Gasteiger partial charge in [-0.15, -0.1) is 0 Å². The predicted molar refractivity (Wildman–Crippen MR) is 64.0 cm³/mol. The van der Waals surface area contributed by atoms with Crippen LogP contribution in [0.25, 0.3) is 0 Å². The summed E-state index contributed by atoms with van der Waals surface area (Å²) in [5.74, 6) is -0.171. The van der Waals surface area contributed by atoms with Gasteiger partial charge in [0.1, 0.15) is 5.82 Å². The van der Waals surface area contributed by atoms with Crippen molar-refractivity contribution in [2.24, 2.45) is 0 Å². The van der Waals surface area contributed by atoms with E-state index in [1.807, 2.05) is 13.0 Å². The molecular formula is C13H20FNO. The van der Waals surface area contributed by atoms with E-state index in [1.54, 1.807) is 19.2 Å². The van der Waals surface area contributed by atoms with Crippen LogP contribution in [0, 0.1) is 5.82 Å². The normalized spacial score (nSPS) is 14.8. The third-order valence-electron chi connectivity index (χ3n) is 2.84. The molecule has 1 rings (SSSR count). The molecule has 0 heterocycles. The molecule has 0 aromatic heterocycles. The number of ether oxygens (including phenoxy) is 1. The first-order valence-corrected chi connectivity index (χ1v) is 5.64. The van der Waals surface area contributed by atoms with E-state index in [2.05, 4.69) is 12.2 Å². The van der Waals surface area contributed by atoms with E-state index in [0.29, 0.717) is 6.04 Å².